The summed E-state index contributed by atoms with van der Waals surface area (Å²) < 4.78 is 22.8. The van der Waals surface area contributed by atoms with Crippen LogP contribution >= 0.6 is 7.60 Å². The van der Waals surface area contributed by atoms with E-state index in [0.717, 1.165) is 5.56 Å². The molecule has 0 aliphatic heterocycles. The third-order valence-corrected chi connectivity index (χ3v) is 4.86. The van der Waals surface area contributed by atoms with Crippen molar-refractivity contribution in [3.63, 3.8) is 0 Å². The summed E-state index contributed by atoms with van der Waals surface area (Å²) in [5, 5.41) is 1.19. The van der Waals surface area contributed by atoms with E-state index < -0.39 is 7.60 Å². The highest BCUT2D eigenvalue weighted by Gasteiger charge is 2.25. The zero-order chi connectivity index (χ0) is 16.4. The van der Waals surface area contributed by atoms with E-state index in [9.17, 15) is 9.36 Å². The smallest absolute Gasteiger partial charge is 0.309 e. The van der Waals surface area contributed by atoms with E-state index in [0.29, 0.717) is 13.2 Å². The molecule has 0 radical (unpaired) electrons. The predicted molar refractivity (Wildman–Crippen MR) is 84.3 cm³/mol. The molecule has 0 saturated heterocycles. The van der Waals surface area contributed by atoms with Gasteiger partial charge in [0, 0.05) is 6.92 Å². The number of hydrogen-bond acceptors (Lipinski definition) is 5. The molecule has 0 saturated carbocycles. The number of benzene rings is 1. The molecule has 0 spiro atoms. The first kappa shape index (κ1) is 18.8. The van der Waals surface area contributed by atoms with Crippen molar-refractivity contribution in [1.29, 1.82) is 0 Å². The van der Waals surface area contributed by atoms with Gasteiger partial charge in [0.1, 0.15) is 6.61 Å². The SMILES string of the molecule is CCOP(=O)(CCN(OCc1ccccc1)C(C)=O)OCC. The molecule has 22 heavy (non-hydrogen) atoms. The fourth-order valence-corrected chi connectivity index (χ4v) is 3.36. The van der Waals surface area contributed by atoms with Crippen molar-refractivity contribution < 1.29 is 23.2 Å². The van der Waals surface area contributed by atoms with Crippen molar-refractivity contribution in [2.75, 3.05) is 25.9 Å². The maximum absolute atomic E-state index is 12.4. The Kier molecular flexibility index (Phi) is 8.35. The van der Waals surface area contributed by atoms with Crippen molar-refractivity contribution in [2.24, 2.45) is 0 Å². The summed E-state index contributed by atoms with van der Waals surface area (Å²) in [6.45, 7) is 5.91. The Morgan fingerprint density at radius 1 is 1.14 bits per heavy atom. The lowest BCUT2D eigenvalue weighted by molar-refractivity contribution is -0.187. The molecule has 0 fully saturated rings. The molecule has 6 nitrogen and oxygen atoms in total. The number of hydrogen-bond donors (Lipinski definition) is 0. The van der Waals surface area contributed by atoms with Crippen LogP contribution in [-0.4, -0.2) is 36.9 Å². The van der Waals surface area contributed by atoms with Gasteiger partial charge in [-0.15, -0.1) is 0 Å². The first-order valence-corrected chi connectivity index (χ1v) is 9.06. The maximum atomic E-state index is 12.4. The lowest BCUT2D eigenvalue weighted by atomic mass is 10.2. The Morgan fingerprint density at radius 3 is 2.23 bits per heavy atom. The van der Waals surface area contributed by atoms with E-state index in [1.165, 1.54) is 12.0 Å². The molecule has 0 heterocycles. The highest BCUT2D eigenvalue weighted by atomic mass is 31.2. The molecule has 124 valence electrons. The van der Waals surface area contributed by atoms with Crippen LogP contribution in [0.25, 0.3) is 0 Å². The fourth-order valence-electron chi connectivity index (χ4n) is 1.81. The summed E-state index contributed by atoms with van der Waals surface area (Å²) in [6, 6.07) is 9.52. The van der Waals surface area contributed by atoms with Gasteiger partial charge < -0.3 is 9.05 Å². The number of carbonyl (C=O) groups is 1. The first-order valence-electron chi connectivity index (χ1n) is 7.33. The summed E-state index contributed by atoms with van der Waals surface area (Å²) >= 11 is 0. The molecule has 0 atom stereocenters. The Hall–Kier alpha value is -1.20. The minimum atomic E-state index is -3.18. The molecule has 0 unspecified atom stereocenters. The molecule has 7 heteroatoms. The molecular weight excluding hydrogens is 305 g/mol. The minimum absolute atomic E-state index is 0.100. The molecule has 1 amide bonds. The number of rotatable bonds is 10. The third-order valence-electron chi connectivity index (χ3n) is 2.81. The highest BCUT2D eigenvalue weighted by Crippen LogP contribution is 2.47. The topological polar surface area (TPSA) is 65.1 Å². The summed E-state index contributed by atoms with van der Waals surface area (Å²) in [6.07, 6.45) is 0.100. The van der Waals surface area contributed by atoms with Gasteiger partial charge in [0.2, 0.25) is 5.91 Å². The van der Waals surface area contributed by atoms with Crippen molar-refractivity contribution in [3.05, 3.63) is 35.9 Å². The van der Waals surface area contributed by atoms with Crippen LogP contribution in [-0.2, 0) is 29.9 Å². The van der Waals surface area contributed by atoms with Crippen LogP contribution < -0.4 is 0 Å². The second-order valence-electron chi connectivity index (χ2n) is 4.55. The van der Waals surface area contributed by atoms with Crippen LogP contribution in [0.3, 0.4) is 0 Å². The lowest BCUT2D eigenvalue weighted by Gasteiger charge is -2.23. The summed E-state index contributed by atoms with van der Waals surface area (Å²) in [7, 11) is -3.18. The quantitative estimate of drug-likeness (QED) is 0.487. The summed E-state index contributed by atoms with van der Waals surface area (Å²) in [5.74, 6) is -0.254. The molecule has 1 aromatic rings. The highest BCUT2D eigenvalue weighted by molar-refractivity contribution is 7.53. The average molecular weight is 329 g/mol. The van der Waals surface area contributed by atoms with Gasteiger partial charge >= 0.3 is 7.60 Å². The van der Waals surface area contributed by atoms with E-state index in [1.54, 1.807) is 13.8 Å². The number of carbonyl (C=O) groups excluding carboxylic acids is 1. The minimum Gasteiger partial charge on any atom is -0.309 e. The normalized spacial score (nSPS) is 11.4. The van der Waals surface area contributed by atoms with Crippen molar-refractivity contribution in [2.45, 2.75) is 27.4 Å². The summed E-state index contributed by atoms with van der Waals surface area (Å²) in [4.78, 5) is 17.1. The molecule has 0 bridgehead atoms. The van der Waals surface area contributed by atoms with Gasteiger partial charge in [-0.1, -0.05) is 30.3 Å². The Balaban J connectivity index is 2.56. The van der Waals surface area contributed by atoms with Crippen molar-refractivity contribution >= 4 is 13.5 Å². The van der Waals surface area contributed by atoms with Crippen LogP contribution in [0.4, 0.5) is 0 Å². The zero-order valence-electron chi connectivity index (χ0n) is 13.4. The monoisotopic (exact) mass is 329 g/mol. The maximum Gasteiger partial charge on any atom is 0.332 e. The average Bonchev–Trinajstić information content (AvgIpc) is 2.48. The van der Waals surface area contributed by atoms with Crippen LogP contribution in [0.2, 0.25) is 0 Å². The van der Waals surface area contributed by atoms with Gasteiger partial charge in [-0.25, -0.2) is 5.06 Å². The molecule has 0 aliphatic rings. The van der Waals surface area contributed by atoms with Gasteiger partial charge in [-0.2, -0.15) is 0 Å². The molecule has 1 rings (SSSR count). The lowest BCUT2D eigenvalue weighted by Crippen LogP contribution is -2.32. The van der Waals surface area contributed by atoms with Gasteiger partial charge in [0.25, 0.3) is 0 Å². The second kappa shape index (κ2) is 9.74. The third kappa shape index (κ3) is 6.71. The van der Waals surface area contributed by atoms with E-state index in [2.05, 4.69) is 0 Å². The standard InChI is InChI=1S/C15H24NO5P/c1-4-20-22(18,21-5-2)12-11-16(14(3)17)19-13-15-9-7-6-8-10-15/h6-10H,4-5,11-13H2,1-3H3. The van der Waals surface area contributed by atoms with Crippen LogP contribution in [0, 0.1) is 0 Å². The van der Waals surface area contributed by atoms with E-state index >= 15 is 0 Å². The Morgan fingerprint density at radius 2 is 1.73 bits per heavy atom. The van der Waals surface area contributed by atoms with Gasteiger partial charge in [0.05, 0.1) is 25.9 Å². The number of hydroxylamine groups is 2. The van der Waals surface area contributed by atoms with E-state index in [4.69, 9.17) is 13.9 Å². The molecule has 1 aromatic carbocycles. The van der Waals surface area contributed by atoms with Crippen LogP contribution in [0.5, 0.6) is 0 Å². The van der Waals surface area contributed by atoms with Gasteiger partial charge in [-0.05, 0) is 19.4 Å². The van der Waals surface area contributed by atoms with Crippen LogP contribution in [0.1, 0.15) is 26.3 Å². The molecule has 0 aliphatic carbocycles. The molecule has 0 aromatic heterocycles. The van der Waals surface area contributed by atoms with E-state index in [-0.39, 0.29) is 25.2 Å². The molecule has 0 N–H and O–H groups in total. The van der Waals surface area contributed by atoms with Gasteiger partial charge in [0.15, 0.2) is 0 Å². The van der Waals surface area contributed by atoms with Crippen LogP contribution in [0.15, 0.2) is 30.3 Å². The predicted octanol–water partition coefficient (Wildman–Crippen LogP) is 3.23. The number of amides is 1. The van der Waals surface area contributed by atoms with Crippen molar-refractivity contribution in [1.82, 2.24) is 5.06 Å². The Labute approximate surface area is 131 Å². The largest absolute Gasteiger partial charge is 0.332 e. The molecular formula is C15H24NO5P. The first-order chi connectivity index (χ1) is 10.5. The van der Waals surface area contributed by atoms with E-state index in [1.807, 2.05) is 30.3 Å². The summed E-state index contributed by atoms with van der Waals surface area (Å²) in [5.41, 5.74) is 0.951. The fraction of sp³-hybridized carbons (Fsp3) is 0.533. The zero-order valence-corrected chi connectivity index (χ0v) is 14.3. The van der Waals surface area contributed by atoms with Crippen molar-refractivity contribution in [3.8, 4) is 0 Å². The number of nitrogens with zero attached hydrogens (tertiary/aromatic N) is 1. The van der Waals surface area contributed by atoms with Gasteiger partial charge in [-0.3, -0.25) is 14.2 Å². The Bertz CT molecular complexity index is 484. The second-order valence-corrected chi connectivity index (χ2v) is 6.74.